The Hall–Kier alpha value is -4.99. The molecule has 10 heteroatoms. The van der Waals surface area contributed by atoms with Gasteiger partial charge in [-0.05, 0) is 77.8 Å². The summed E-state index contributed by atoms with van der Waals surface area (Å²) in [6.07, 6.45) is 5.02. The lowest BCUT2D eigenvalue weighted by atomic mass is 9.99. The summed E-state index contributed by atoms with van der Waals surface area (Å²) in [5, 5.41) is 0. The highest BCUT2D eigenvalue weighted by Gasteiger charge is 2.41. The predicted molar refractivity (Wildman–Crippen MR) is 173 cm³/mol. The summed E-state index contributed by atoms with van der Waals surface area (Å²) in [4.78, 5) is 4.59. The molecule has 5 aromatic rings. The number of hydrogen-bond donors (Lipinski definition) is 0. The van der Waals surface area contributed by atoms with E-state index in [1.807, 2.05) is 36.5 Å². The number of hydrogen-bond acceptors (Lipinski definition) is 2. The third-order valence-electron chi connectivity index (χ3n) is 7.91. The molecule has 0 N–H and O–H groups in total. The largest absolute Gasteiger partial charge is 0.432 e. The fraction of sp³-hybridized carbons (Fsp3) is 0.205. The van der Waals surface area contributed by atoms with E-state index in [4.69, 9.17) is 0 Å². The van der Waals surface area contributed by atoms with Crippen LogP contribution in [0.25, 0.3) is 28.5 Å². The molecule has 0 aliphatic heterocycles. The minimum atomic E-state index is -4.68. The van der Waals surface area contributed by atoms with Gasteiger partial charge in [0, 0.05) is 23.9 Å². The SMILES string of the molecule is CCCCCc1ccc(-c2ccc(-c3ccc(CC/C=C/c4cc(F)c(C(F)(F)Oc5cc(F)c(F)c(F)c5)c(F)c4)c(F)c3)cc2)nc1. The monoisotopic (exact) mass is 681 g/mol. The summed E-state index contributed by atoms with van der Waals surface area (Å²) >= 11 is 0. The molecule has 1 heterocycles. The number of alkyl halides is 2. The second-order valence-corrected chi connectivity index (χ2v) is 11.5. The zero-order chi connectivity index (χ0) is 35.1. The van der Waals surface area contributed by atoms with Crippen LogP contribution in [-0.4, -0.2) is 4.98 Å². The van der Waals surface area contributed by atoms with Crippen LogP contribution in [0.1, 0.15) is 54.9 Å². The lowest BCUT2D eigenvalue weighted by molar-refractivity contribution is -0.189. The molecule has 4 aromatic carbocycles. The number of halogens is 8. The van der Waals surface area contributed by atoms with Gasteiger partial charge in [0.25, 0.3) is 0 Å². The molecule has 1 aromatic heterocycles. The summed E-state index contributed by atoms with van der Waals surface area (Å²) in [7, 11) is 0. The molecule has 49 heavy (non-hydrogen) atoms. The number of allylic oxidation sites excluding steroid dienone is 1. The Labute approximate surface area is 278 Å². The van der Waals surface area contributed by atoms with Crippen molar-refractivity contribution in [1.82, 2.24) is 4.98 Å². The van der Waals surface area contributed by atoms with Crippen molar-refractivity contribution in [2.24, 2.45) is 0 Å². The summed E-state index contributed by atoms with van der Waals surface area (Å²) in [6.45, 7) is 2.17. The molecule has 0 unspecified atom stereocenters. The Morgan fingerprint density at radius 2 is 1.33 bits per heavy atom. The summed E-state index contributed by atoms with van der Waals surface area (Å²) < 4.78 is 117. The maximum absolute atomic E-state index is 15.0. The molecule has 0 radical (unpaired) electrons. The Morgan fingerprint density at radius 1 is 0.673 bits per heavy atom. The highest BCUT2D eigenvalue weighted by atomic mass is 19.3. The molecule has 254 valence electrons. The van der Waals surface area contributed by atoms with Crippen LogP contribution >= 0.6 is 0 Å². The molecule has 0 bridgehead atoms. The van der Waals surface area contributed by atoms with Gasteiger partial charge in [-0.3, -0.25) is 4.98 Å². The number of unbranched alkanes of at least 4 members (excludes halogenated alkanes) is 2. The van der Waals surface area contributed by atoms with Crippen LogP contribution in [0.2, 0.25) is 0 Å². The molecule has 0 atom stereocenters. The van der Waals surface area contributed by atoms with E-state index in [1.54, 1.807) is 12.1 Å². The van der Waals surface area contributed by atoms with Crippen LogP contribution in [-0.2, 0) is 19.0 Å². The molecule has 0 amide bonds. The van der Waals surface area contributed by atoms with Crippen molar-refractivity contribution >= 4 is 6.08 Å². The van der Waals surface area contributed by atoms with Crippen LogP contribution in [0.4, 0.5) is 35.1 Å². The lowest BCUT2D eigenvalue weighted by Crippen LogP contribution is -2.25. The summed E-state index contributed by atoms with van der Waals surface area (Å²) in [5.74, 6) is -10.5. The fourth-order valence-electron chi connectivity index (χ4n) is 5.30. The lowest BCUT2D eigenvalue weighted by Gasteiger charge is -2.20. The molecular formula is C39H31F8NO. The minimum Gasteiger partial charge on any atom is -0.429 e. The number of benzene rings is 4. The van der Waals surface area contributed by atoms with Gasteiger partial charge in [-0.25, -0.2) is 26.3 Å². The van der Waals surface area contributed by atoms with E-state index in [9.17, 15) is 35.1 Å². The van der Waals surface area contributed by atoms with Crippen LogP contribution in [0.15, 0.2) is 91.1 Å². The maximum atomic E-state index is 15.0. The van der Waals surface area contributed by atoms with E-state index >= 15 is 0 Å². The molecular weight excluding hydrogens is 650 g/mol. The van der Waals surface area contributed by atoms with E-state index < -0.39 is 52.3 Å². The number of pyridine rings is 1. The van der Waals surface area contributed by atoms with Crippen molar-refractivity contribution in [2.75, 3.05) is 0 Å². The Bertz CT molecular complexity index is 1890. The van der Waals surface area contributed by atoms with Crippen LogP contribution in [0, 0.1) is 34.9 Å². The number of ether oxygens (including phenoxy) is 1. The highest BCUT2D eigenvalue weighted by molar-refractivity contribution is 5.69. The Kier molecular flexibility index (Phi) is 11.2. The topological polar surface area (TPSA) is 22.1 Å². The molecule has 0 aliphatic carbocycles. The number of rotatable bonds is 13. The Morgan fingerprint density at radius 3 is 1.94 bits per heavy atom. The zero-order valence-electron chi connectivity index (χ0n) is 26.4. The van der Waals surface area contributed by atoms with Gasteiger partial charge in [0.15, 0.2) is 17.5 Å². The van der Waals surface area contributed by atoms with Crippen molar-refractivity contribution in [3.05, 3.63) is 148 Å². The minimum absolute atomic E-state index is 0.106. The second kappa shape index (κ2) is 15.5. The predicted octanol–water partition coefficient (Wildman–Crippen LogP) is 11.8. The fourth-order valence-corrected chi connectivity index (χ4v) is 5.30. The van der Waals surface area contributed by atoms with E-state index in [1.165, 1.54) is 36.6 Å². The average Bonchev–Trinajstić information content (AvgIpc) is 3.06. The first-order valence-electron chi connectivity index (χ1n) is 15.7. The first-order chi connectivity index (χ1) is 23.4. The highest BCUT2D eigenvalue weighted by Crippen LogP contribution is 2.36. The van der Waals surface area contributed by atoms with E-state index in [0.29, 0.717) is 23.3 Å². The van der Waals surface area contributed by atoms with Gasteiger partial charge in [-0.15, -0.1) is 0 Å². The van der Waals surface area contributed by atoms with Gasteiger partial charge < -0.3 is 4.74 Å². The van der Waals surface area contributed by atoms with Crippen molar-refractivity contribution in [2.45, 2.75) is 51.6 Å². The quantitative estimate of drug-likeness (QED) is 0.0701. The van der Waals surface area contributed by atoms with Crippen LogP contribution < -0.4 is 4.74 Å². The van der Waals surface area contributed by atoms with Gasteiger partial charge in [-0.2, -0.15) is 8.78 Å². The van der Waals surface area contributed by atoms with Crippen molar-refractivity contribution in [3.8, 4) is 28.1 Å². The first-order valence-corrected chi connectivity index (χ1v) is 15.7. The maximum Gasteiger partial charge on any atom is 0.432 e. The first kappa shape index (κ1) is 35.3. The third-order valence-corrected chi connectivity index (χ3v) is 7.91. The van der Waals surface area contributed by atoms with Gasteiger partial charge in [0.05, 0.1) is 5.69 Å². The van der Waals surface area contributed by atoms with Gasteiger partial charge in [0.2, 0.25) is 0 Å². The molecule has 5 rings (SSSR count). The van der Waals surface area contributed by atoms with Gasteiger partial charge in [-0.1, -0.05) is 74.4 Å². The van der Waals surface area contributed by atoms with Crippen LogP contribution in [0.5, 0.6) is 5.75 Å². The molecule has 0 aliphatic rings. The summed E-state index contributed by atoms with van der Waals surface area (Å²) in [6, 6.07) is 18.1. The van der Waals surface area contributed by atoms with Crippen molar-refractivity contribution in [3.63, 3.8) is 0 Å². The molecule has 0 fully saturated rings. The number of aromatic nitrogens is 1. The van der Waals surface area contributed by atoms with E-state index in [2.05, 4.69) is 22.7 Å². The van der Waals surface area contributed by atoms with E-state index in [0.717, 1.165) is 29.7 Å². The second-order valence-electron chi connectivity index (χ2n) is 11.5. The molecule has 0 spiro atoms. The van der Waals surface area contributed by atoms with Crippen molar-refractivity contribution in [1.29, 1.82) is 0 Å². The van der Waals surface area contributed by atoms with Crippen molar-refractivity contribution < 1.29 is 39.9 Å². The van der Waals surface area contributed by atoms with Crippen LogP contribution in [0.3, 0.4) is 0 Å². The van der Waals surface area contributed by atoms with Gasteiger partial charge in [0.1, 0.15) is 28.8 Å². The smallest absolute Gasteiger partial charge is 0.429 e. The molecule has 2 nitrogen and oxygen atoms in total. The normalized spacial score (nSPS) is 11.8. The standard InChI is InChI=1S/C39H31F8NO/c1-2-3-4-7-24-10-17-36(48-23-24)28-14-11-26(12-15-28)29-16-13-27(31(40)20-29)9-6-5-8-25-18-32(41)37(33(42)19-25)39(46,47)49-30-21-34(43)38(45)35(44)22-30/h5,8,10-23H,2-4,6-7,9H2,1H3/b8-5+. The molecule has 0 saturated heterocycles. The Balaban J connectivity index is 1.19. The molecule has 0 saturated carbocycles. The number of aryl methyl sites for hydroxylation is 2. The zero-order valence-corrected chi connectivity index (χ0v) is 26.4. The third kappa shape index (κ3) is 8.73. The average molecular weight is 682 g/mol. The number of nitrogens with zero attached hydrogens (tertiary/aromatic N) is 1. The summed E-state index contributed by atoms with van der Waals surface area (Å²) in [5.41, 5.74) is 3.02. The van der Waals surface area contributed by atoms with E-state index in [-0.39, 0.29) is 30.5 Å². The van der Waals surface area contributed by atoms with Gasteiger partial charge >= 0.3 is 6.11 Å².